The molecule has 2 heterocycles. The maximum atomic E-state index is 12.6. The molecule has 1 fully saturated rings. The number of aromatic nitrogens is 1. The Bertz CT molecular complexity index is 554. The van der Waals surface area contributed by atoms with Gasteiger partial charge < -0.3 is 5.32 Å². The summed E-state index contributed by atoms with van der Waals surface area (Å²) in [7, 11) is -3.35. The van der Waals surface area contributed by atoms with Gasteiger partial charge in [-0.05, 0) is 44.7 Å². The topological polar surface area (TPSA) is 62.3 Å². The van der Waals surface area contributed by atoms with Gasteiger partial charge in [-0.1, -0.05) is 13.8 Å². The van der Waals surface area contributed by atoms with Crippen LogP contribution in [0.2, 0.25) is 0 Å². The molecule has 0 saturated carbocycles. The van der Waals surface area contributed by atoms with Crippen molar-refractivity contribution in [1.29, 1.82) is 0 Å². The minimum Gasteiger partial charge on any atom is -0.316 e. The predicted octanol–water partition coefficient (Wildman–Crippen LogP) is 2.10. The molecule has 1 aromatic rings. The first kappa shape index (κ1) is 16.9. The molecule has 1 N–H and O–H groups in total. The van der Waals surface area contributed by atoms with E-state index in [1.54, 1.807) is 4.31 Å². The van der Waals surface area contributed by atoms with E-state index in [1.807, 2.05) is 6.92 Å². The zero-order chi connectivity index (χ0) is 15.5. The minimum atomic E-state index is -3.35. The van der Waals surface area contributed by atoms with Crippen molar-refractivity contribution in [3.05, 3.63) is 11.2 Å². The Balaban J connectivity index is 1.97. The molecule has 2 rings (SSSR count). The molecule has 0 aliphatic carbocycles. The van der Waals surface area contributed by atoms with Crippen LogP contribution in [0, 0.1) is 18.8 Å². The normalized spacial score (nSPS) is 21.0. The third kappa shape index (κ3) is 4.48. The molecule has 1 saturated heterocycles. The van der Waals surface area contributed by atoms with E-state index in [9.17, 15) is 8.42 Å². The van der Waals surface area contributed by atoms with Crippen LogP contribution in [0.3, 0.4) is 0 Å². The predicted molar refractivity (Wildman–Crippen MR) is 86.0 cm³/mol. The molecule has 0 amide bonds. The van der Waals surface area contributed by atoms with Crippen LogP contribution < -0.4 is 5.32 Å². The second-order valence-corrected chi connectivity index (χ2v) is 9.52. The van der Waals surface area contributed by atoms with Crippen molar-refractivity contribution < 1.29 is 8.42 Å². The van der Waals surface area contributed by atoms with Crippen molar-refractivity contribution in [2.24, 2.45) is 11.8 Å². The van der Waals surface area contributed by atoms with Crippen LogP contribution in [-0.4, -0.2) is 43.9 Å². The molecule has 0 radical (unpaired) electrons. The summed E-state index contributed by atoms with van der Waals surface area (Å²) in [6.45, 7) is 9.31. The van der Waals surface area contributed by atoms with E-state index in [4.69, 9.17) is 0 Å². The lowest BCUT2D eigenvalue weighted by Crippen LogP contribution is -2.43. The highest BCUT2D eigenvalue weighted by atomic mass is 32.2. The van der Waals surface area contributed by atoms with E-state index in [1.165, 1.54) is 17.5 Å². The fourth-order valence-corrected chi connectivity index (χ4v) is 5.39. The highest BCUT2D eigenvalue weighted by Gasteiger charge is 2.31. The van der Waals surface area contributed by atoms with Crippen LogP contribution in [0.25, 0.3) is 0 Å². The first-order chi connectivity index (χ1) is 9.89. The fraction of sp³-hybridized carbons (Fsp3) is 0.786. The molecule has 5 nitrogen and oxygen atoms in total. The van der Waals surface area contributed by atoms with Crippen LogP contribution in [0.1, 0.15) is 31.7 Å². The number of thiazole rings is 1. The molecule has 0 bridgehead atoms. The summed E-state index contributed by atoms with van der Waals surface area (Å²) < 4.78 is 27.2. The molecule has 1 aliphatic rings. The summed E-state index contributed by atoms with van der Waals surface area (Å²) in [5.41, 5.74) is 0. The second kappa shape index (κ2) is 7.17. The molecule has 0 spiro atoms. The first-order valence-electron chi connectivity index (χ1n) is 7.53. The number of hydrogen-bond donors (Lipinski definition) is 1. The number of rotatable bonds is 6. The summed E-state index contributed by atoms with van der Waals surface area (Å²) in [5.74, 6) is 1.02. The lowest BCUT2D eigenvalue weighted by atomic mass is 9.99. The van der Waals surface area contributed by atoms with Gasteiger partial charge in [0.25, 0.3) is 10.0 Å². The van der Waals surface area contributed by atoms with Gasteiger partial charge in [0.2, 0.25) is 0 Å². The lowest BCUT2D eigenvalue weighted by molar-refractivity contribution is 0.258. The fourth-order valence-electron chi connectivity index (χ4n) is 2.58. The van der Waals surface area contributed by atoms with Gasteiger partial charge in [-0.15, -0.1) is 11.3 Å². The van der Waals surface area contributed by atoms with Crippen molar-refractivity contribution in [3.8, 4) is 0 Å². The van der Waals surface area contributed by atoms with Crippen molar-refractivity contribution in [1.82, 2.24) is 14.6 Å². The van der Waals surface area contributed by atoms with Crippen LogP contribution in [0.4, 0.5) is 0 Å². The smallest absolute Gasteiger partial charge is 0.254 e. The number of hydrogen-bond acceptors (Lipinski definition) is 5. The summed E-state index contributed by atoms with van der Waals surface area (Å²) in [5, 5.41) is 4.23. The Morgan fingerprint density at radius 3 is 2.90 bits per heavy atom. The van der Waals surface area contributed by atoms with E-state index >= 15 is 0 Å². The van der Waals surface area contributed by atoms with Crippen molar-refractivity contribution in [2.75, 3.05) is 26.2 Å². The average molecular weight is 332 g/mol. The Labute approximate surface area is 131 Å². The number of nitrogens with one attached hydrogen (secondary N) is 1. The van der Waals surface area contributed by atoms with E-state index in [2.05, 4.69) is 24.1 Å². The van der Waals surface area contributed by atoms with E-state index in [-0.39, 0.29) is 0 Å². The van der Waals surface area contributed by atoms with Gasteiger partial charge in [-0.3, -0.25) is 0 Å². The van der Waals surface area contributed by atoms with Crippen molar-refractivity contribution in [3.63, 3.8) is 0 Å². The molecule has 120 valence electrons. The monoisotopic (exact) mass is 331 g/mol. The number of nitrogens with zero attached hydrogens (tertiary/aromatic N) is 2. The van der Waals surface area contributed by atoms with Crippen molar-refractivity contribution >= 4 is 21.4 Å². The van der Waals surface area contributed by atoms with E-state index in [0.717, 1.165) is 30.9 Å². The van der Waals surface area contributed by atoms with Crippen molar-refractivity contribution in [2.45, 2.75) is 37.8 Å². The SMILES string of the molecule is Cc1ncc(S(=O)(=O)N2CCCC(CNCC(C)C)C2)s1. The maximum Gasteiger partial charge on any atom is 0.254 e. The van der Waals surface area contributed by atoms with Gasteiger partial charge in [0.05, 0.1) is 11.2 Å². The Hall–Kier alpha value is -0.500. The molecule has 1 aromatic heterocycles. The average Bonchev–Trinajstić information content (AvgIpc) is 2.86. The highest BCUT2D eigenvalue weighted by molar-refractivity contribution is 7.91. The molecule has 1 aliphatic heterocycles. The summed E-state index contributed by atoms with van der Waals surface area (Å²) in [6, 6.07) is 0. The van der Waals surface area contributed by atoms with Gasteiger partial charge in [0.1, 0.15) is 0 Å². The molecular formula is C14H25N3O2S2. The number of aryl methyl sites for hydroxylation is 1. The quantitative estimate of drug-likeness (QED) is 0.867. The Kier molecular flexibility index (Phi) is 5.76. The molecule has 1 unspecified atom stereocenters. The van der Waals surface area contributed by atoms with Crippen LogP contribution in [0.15, 0.2) is 10.4 Å². The zero-order valence-electron chi connectivity index (χ0n) is 13.0. The van der Waals surface area contributed by atoms with E-state index < -0.39 is 10.0 Å². The van der Waals surface area contributed by atoms with Gasteiger partial charge in [0.15, 0.2) is 4.21 Å². The second-order valence-electron chi connectivity index (χ2n) is 6.12. The standard InChI is InChI=1S/C14H25N3O2S2/c1-11(2)7-15-8-13-5-4-6-17(10-13)21(18,19)14-9-16-12(3)20-14/h9,11,13,15H,4-8,10H2,1-3H3. The summed E-state index contributed by atoms with van der Waals surface area (Å²) >= 11 is 1.25. The van der Waals surface area contributed by atoms with Gasteiger partial charge in [0, 0.05) is 13.1 Å². The van der Waals surface area contributed by atoms with Crippen LogP contribution >= 0.6 is 11.3 Å². The Morgan fingerprint density at radius 1 is 1.52 bits per heavy atom. The third-order valence-corrected chi connectivity index (χ3v) is 6.88. The van der Waals surface area contributed by atoms with Gasteiger partial charge >= 0.3 is 0 Å². The Morgan fingerprint density at radius 2 is 2.29 bits per heavy atom. The molecule has 21 heavy (non-hydrogen) atoms. The molecule has 7 heteroatoms. The van der Waals surface area contributed by atoms with E-state index in [0.29, 0.717) is 29.1 Å². The summed E-state index contributed by atoms with van der Waals surface area (Å²) in [6.07, 6.45) is 3.51. The molecule has 1 atom stereocenters. The number of piperidine rings is 1. The van der Waals surface area contributed by atoms with Crippen LogP contribution in [0.5, 0.6) is 0 Å². The zero-order valence-corrected chi connectivity index (χ0v) is 14.6. The third-order valence-electron chi connectivity index (χ3n) is 3.66. The van der Waals surface area contributed by atoms with Gasteiger partial charge in [-0.2, -0.15) is 4.31 Å². The van der Waals surface area contributed by atoms with Crippen LogP contribution in [-0.2, 0) is 10.0 Å². The lowest BCUT2D eigenvalue weighted by Gasteiger charge is -2.31. The first-order valence-corrected chi connectivity index (χ1v) is 9.78. The molecule has 0 aromatic carbocycles. The minimum absolute atomic E-state index is 0.371. The largest absolute Gasteiger partial charge is 0.316 e. The number of sulfonamides is 1. The van der Waals surface area contributed by atoms with Gasteiger partial charge in [-0.25, -0.2) is 13.4 Å². The maximum absolute atomic E-state index is 12.6. The summed E-state index contributed by atoms with van der Waals surface area (Å²) in [4.78, 5) is 4.07. The highest BCUT2D eigenvalue weighted by Crippen LogP contribution is 2.26. The molecular weight excluding hydrogens is 306 g/mol.